The molecule has 98 valence electrons. The van der Waals surface area contributed by atoms with Crippen molar-refractivity contribution in [1.29, 1.82) is 0 Å². The minimum Gasteiger partial charge on any atom is -0.467 e. The van der Waals surface area contributed by atoms with E-state index < -0.39 is 24.0 Å². The van der Waals surface area contributed by atoms with E-state index in [9.17, 15) is 19.5 Å². The van der Waals surface area contributed by atoms with Crippen LogP contribution in [0.3, 0.4) is 0 Å². The summed E-state index contributed by atoms with van der Waals surface area (Å²) in [4.78, 5) is 31.5. The van der Waals surface area contributed by atoms with E-state index in [0.29, 0.717) is 0 Å². The number of carbonyl (C=O) groups is 3. The maximum absolute atomic E-state index is 10.7. The highest BCUT2D eigenvalue weighted by atomic mass is 16.6. The lowest BCUT2D eigenvalue weighted by molar-refractivity contribution is -0.159. The molecule has 0 fully saturated rings. The van der Waals surface area contributed by atoms with Crippen LogP contribution in [-0.2, 0) is 28.6 Å². The van der Waals surface area contributed by atoms with Crippen molar-refractivity contribution in [3.63, 3.8) is 0 Å². The van der Waals surface area contributed by atoms with Crippen LogP contribution in [0.25, 0.3) is 0 Å². The van der Waals surface area contributed by atoms with Crippen LogP contribution in [0.2, 0.25) is 0 Å². The fourth-order valence-electron chi connectivity index (χ4n) is 0.982. The van der Waals surface area contributed by atoms with Gasteiger partial charge in [-0.3, -0.25) is 14.4 Å². The second-order valence-electron chi connectivity index (χ2n) is 3.63. The maximum Gasteiger partial charge on any atom is 0.302 e. The normalized spacial score (nSPS) is 10.5. The first kappa shape index (κ1) is 15.4. The molecule has 0 amide bonds. The summed E-state index contributed by atoms with van der Waals surface area (Å²) in [7, 11) is 0. The van der Waals surface area contributed by atoms with Gasteiger partial charge in [0, 0.05) is 13.8 Å². The van der Waals surface area contributed by atoms with Crippen LogP contribution in [0.15, 0.2) is 0 Å². The van der Waals surface area contributed by atoms with E-state index in [0.717, 1.165) is 0 Å². The van der Waals surface area contributed by atoms with Gasteiger partial charge in [-0.05, 0) is 0 Å². The van der Waals surface area contributed by atoms with Gasteiger partial charge in [0.1, 0.15) is 19.8 Å². The Kier molecular flexibility index (Phi) is 6.88. The van der Waals surface area contributed by atoms with Gasteiger partial charge in [-0.15, -0.1) is 0 Å². The molecule has 1 N–H and O–H groups in total. The van der Waals surface area contributed by atoms with Gasteiger partial charge >= 0.3 is 11.9 Å². The molecule has 0 rings (SSSR count). The lowest BCUT2D eigenvalue weighted by Gasteiger charge is -2.28. The maximum atomic E-state index is 10.7. The Morgan fingerprint density at radius 2 is 1.59 bits per heavy atom. The topological polar surface area (TPSA) is 99.1 Å². The molecule has 0 aliphatic heterocycles. The molecule has 0 spiro atoms. The van der Waals surface area contributed by atoms with Crippen molar-refractivity contribution in [2.75, 3.05) is 26.4 Å². The molecule has 0 saturated heterocycles. The molecular weight excluding hydrogens is 232 g/mol. The number of ether oxygens (including phenoxy) is 3. The highest BCUT2D eigenvalue weighted by molar-refractivity contribution is 5.66. The lowest BCUT2D eigenvalue weighted by Crippen LogP contribution is -2.41. The zero-order valence-corrected chi connectivity index (χ0v) is 9.80. The molecule has 0 saturated carbocycles. The second-order valence-corrected chi connectivity index (χ2v) is 3.63. The number of hydrogen-bond donors (Lipinski definition) is 1. The average Bonchev–Trinajstić information content (AvgIpc) is 2.28. The van der Waals surface area contributed by atoms with E-state index in [1.807, 2.05) is 0 Å². The largest absolute Gasteiger partial charge is 0.467 e. The molecule has 0 radical (unpaired) electrons. The molecule has 0 aromatic carbocycles. The highest BCUT2D eigenvalue weighted by Crippen LogP contribution is 2.18. The first-order chi connectivity index (χ1) is 7.95. The molecule has 0 bridgehead atoms. The van der Waals surface area contributed by atoms with Crippen molar-refractivity contribution in [3.8, 4) is 0 Å². The first-order valence-electron chi connectivity index (χ1n) is 4.88. The van der Waals surface area contributed by atoms with E-state index in [1.54, 1.807) is 0 Å². The van der Waals surface area contributed by atoms with Crippen molar-refractivity contribution in [2.45, 2.75) is 13.8 Å². The number of rotatable bonds is 8. The Labute approximate surface area is 98.6 Å². The fourth-order valence-corrected chi connectivity index (χ4v) is 0.982. The number of hydrogen-bond acceptors (Lipinski definition) is 7. The number of aliphatic hydroxyl groups is 1. The van der Waals surface area contributed by atoms with Gasteiger partial charge in [-0.25, -0.2) is 0 Å². The van der Waals surface area contributed by atoms with Gasteiger partial charge in [-0.2, -0.15) is 0 Å². The van der Waals surface area contributed by atoms with Crippen molar-refractivity contribution in [1.82, 2.24) is 0 Å². The summed E-state index contributed by atoms with van der Waals surface area (Å²) < 4.78 is 14.0. The van der Waals surface area contributed by atoms with Crippen LogP contribution in [0, 0.1) is 5.41 Å². The number of esters is 2. The quantitative estimate of drug-likeness (QED) is 0.343. The molecule has 7 heteroatoms. The third-order valence-electron chi connectivity index (χ3n) is 1.96. The molecule has 0 atom stereocenters. The van der Waals surface area contributed by atoms with E-state index >= 15 is 0 Å². The second kappa shape index (κ2) is 7.61. The Hall–Kier alpha value is -1.63. The van der Waals surface area contributed by atoms with Crippen LogP contribution in [0.4, 0.5) is 0 Å². The van der Waals surface area contributed by atoms with Crippen molar-refractivity contribution < 1.29 is 33.7 Å². The van der Waals surface area contributed by atoms with Gasteiger partial charge in [-0.1, -0.05) is 0 Å². The third kappa shape index (κ3) is 6.52. The van der Waals surface area contributed by atoms with E-state index in [-0.39, 0.29) is 26.3 Å². The Balaban J connectivity index is 4.53. The summed E-state index contributed by atoms with van der Waals surface area (Å²) in [6.45, 7) is 1.52. The molecule has 17 heavy (non-hydrogen) atoms. The zero-order valence-electron chi connectivity index (χ0n) is 9.80. The first-order valence-corrected chi connectivity index (χ1v) is 4.88. The van der Waals surface area contributed by atoms with Gasteiger partial charge < -0.3 is 19.3 Å². The number of aliphatic hydroxyl groups excluding tert-OH is 1. The minimum atomic E-state index is -1.13. The summed E-state index contributed by atoms with van der Waals surface area (Å²) in [6.07, 6.45) is 0. The van der Waals surface area contributed by atoms with Gasteiger partial charge in [0.05, 0.1) is 12.0 Å². The van der Waals surface area contributed by atoms with Crippen LogP contribution >= 0.6 is 0 Å². The molecular formula is C10H16O7. The number of carbonyl (C=O) groups excluding carboxylic acids is 3. The standard InChI is InChI=1S/C10H16O7/c1-8(13)16-5-10(3-11,4-15-7-12)6-17-9(2)14/h7,11H,3-6H2,1-2H3. The Bertz CT molecular complexity index is 256. The smallest absolute Gasteiger partial charge is 0.302 e. The van der Waals surface area contributed by atoms with Crippen LogP contribution in [0.1, 0.15) is 13.8 Å². The third-order valence-corrected chi connectivity index (χ3v) is 1.96. The van der Waals surface area contributed by atoms with Gasteiger partial charge in [0.2, 0.25) is 0 Å². The molecule has 0 aliphatic rings. The van der Waals surface area contributed by atoms with Crippen LogP contribution in [-0.4, -0.2) is 49.9 Å². The molecule has 0 heterocycles. The highest BCUT2D eigenvalue weighted by Gasteiger charge is 2.34. The van der Waals surface area contributed by atoms with Gasteiger partial charge in [0.15, 0.2) is 0 Å². The van der Waals surface area contributed by atoms with Crippen LogP contribution in [0.5, 0.6) is 0 Å². The Morgan fingerprint density at radius 3 is 1.88 bits per heavy atom. The summed E-state index contributed by atoms with van der Waals surface area (Å²) in [5.41, 5.74) is -1.13. The van der Waals surface area contributed by atoms with Crippen LogP contribution < -0.4 is 0 Å². The summed E-state index contributed by atoms with van der Waals surface area (Å²) in [6, 6.07) is 0. The van der Waals surface area contributed by atoms with Crippen molar-refractivity contribution in [3.05, 3.63) is 0 Å². The summed E-state index contributed by atoms with van der Waals surface area (Å²) in [5.74, 6) is -1.09. The fraction of sp³-hybridized carbons (Fsp3) is 0.700. The summed E-state index contributed by atoms with van der Waals surface area (Å²) >= 11 is 0. The molecule has 0 aliphatic carbocycles. The van der Waals surface area contributed by atoms with E-state index in [4.69, 9.17) is 9.47 Å². The molecule has 0 aromatic rings. The van der Waals surface area contributed by atoms with Crippen molar-refractivity contribution >= 4 is 18.4 Å². The van der Waals surface area contributed by atoms with E-state index in [2.05, 4.69) is 4.74 Å². The van der Waals surface area contributed by atoms with Crippen molar-refractivity contribution in [2.24, 2.45) is 5.41 Å². The minimum absolute atomic E-state index is 0.200. The lowest BCUT2D eigenvalue weighted by atomic mass is 9.92. The molecule has 7 nitrogen and oxygen atoms in total. The van der Waals surface area contributed by atoms with Gasteiger partial charge in [0.25, 0.3) is 6.47 Å². The summed E-state index contributed by atoms with van der Waals surface area (Å²) in [5, 5.41) is 9.25. The van der Waals surface area contributed by atoms with E-state index in [1.165, 1.54) is 13.8 Å². The zero-order chi connectivity index (χ0) is 13.3. The predicted octanol–water partition coefficient (Wildman–Crippen LogP) is -0.736. The molecule has 0 unspecified atom stereocenters. The predicted molar refractivity (Wildman–Crippen MR) is 54.8 cm³/mol. The Morgan fingerprint density at radius 1 is 1.12 bits per heavy atom. The SMILES string of the molecule is CC(=O)OCC(CO)(COC=O)COC(C)=O. The average molecular weight is 248 g/mol. The molecule has 0 aromatic heterocycles. The monoisotopic (exact) mass is 248 g/mol.